The highest BCUT2D eigenvalue weighted by Crippen LogP contribution is 2.24. The van der Waals surface area contributed by atoms with Gasteiger partial charge >= 0.3 is 5.97 Å². The Labute approximate surface area is 106 Å². The summed E-state index contributed by atoms with van der Waals surface area (Å²) in [6.45, 7) is 2.12. The summed E-state index contributed by atoms with van der Waals surface area (Å²) in [6.07, 6.45) is 0.793. The van der Waals surface area contributed by atoms with Crippen LogP contribution >= 0.6 is 0 Å². The molecule has 0 aliphatic heterocycles. The number of hydrogen-bond donors (Lipinski definition) is 1. The Morgan fingerprint density at radius 3 is 2.83 bits per heavy atom. The number of benzene rings is 1. The van der Waals surface area contributed by atoms with Gasteiger partial charge in [-0.25, -0.2) is 4.39 Å². The zero-order valence-electron chi connectivity index (χ0n) is 10.6. The van der Waals surface area contributed by atoms with E-state index in [-0.39, 0.29) is 24.2 Å². The second kappa shape index (κ2) is 6.96. The van der Waals surface area contributed by atoms with Crippen LogP contribution in [0.1, 0.15) is 31.4 Å². The lowest BCUT2D eigenvalue weighted by Crippen LogP contribution is -2.10. The first-order chi connectivity index (χ1) is 8.54. The van der Waals surface area contributed by atoms with Gasteiger partial charge in [0, 0.05) is 24.1 Å². The lowest BCUT2D eigenvalue weighted by atomic mass is 10.1. The average molecular weight is 255 g/mol. The van der Waals surface area contributed by atoms with Crippen molar-refractivity contribution >= 4 is 5.97 Å². The second-order valence-corrected chi connectivity index (χ2v) is 4.00. The maximum atomic E-state index is 13.1. The molecule has 1 rings (SSSR count). The van der Waals surface area contributed by atoms with Gasteiger partial charge in [0.05, 0.1) is 13.7 Å². The maximum absolute atomic E-state index is 13.1. The van der Waals surface area contributed by atoms with Crippen LogP contribution in [0.5, 0.6) is 5.75 Å². The first kappa shape index (κ1) is 14.4. The number of carbonyl (C=O) groups is 1. The molecule has 1 aromatic carbocycles. The number of methoxy groups -OCH3 is 1. The van der Waals surface area contributed by atoms with E-state index in [2.05, 4.69) is 4.74 Å². The van der Waals surface area contributed by atoms with E-state index in [0.717, 1.165) is 5.56 Å². The lowest BCUT2D eigenvalue weighted by molar-refractivity contribution is -0.140. The van der Waals surface area contributed by atoms with E-state index in [0.29, 0.717) is 18.8 Å². The summed E-state index contributed by atoms with van der Waals surface area (Å²) in [6, 6.07) is 4.02. The molecule has 0 aliphatic rings. The standard InChI is InChI=1S/C13H18FNO3/c1-9(15)11-6-5-10(14)8-12(11)18-7-3-4-13(16)17-2/h5-6,8-9H,3-4,7,15H2,1-2H3/t9-/m1/s1. The third-order valence-corrected chi connectivity index (χ3v) is 2.48. The van der Waals surface area contributed by atoms with Crippen LogP contribution in [0.15, 0.2) is 18.2 Å². The Hall–Kier alpha value is -1.62. The smallest absolute Gasteiger partial charge is 0.305 e. The van der Waals surface area contributed by atoms with Gasteiger partial charge in [-0.05, 0) is 19.4 Å². The van der Waals surface area contributed by atoms with Crippen molar-refractivity contribution in [1.82, 2.24) is 0 Å². The van der Waals surface area contributed by atoms with Crippen molar-refractivity contribution in [2.45, 2.75) is 25.8 Å². The van der Waals surface area contributed by atoms with Crippen LogP contribution in [-0.2, 0) is 9.53 Å². The van der Waals surface area contributed by atoms with Crippen molar-refractivity contribution in [3.63, 3.8) is 0 Å². The predicted octanol–water partition coefficient (Wildman–Crippen LogP) is 2.18. The molecule has 2 N–H and O–H groups in total. The largest absolute Gasteiger partial charge is 0.493 e. The minimum absolute atomic E-state index is 0.235. The molecule has 4 nitrogen and oxygen atoms in total. The van der Waals surface area contributed by atoms with E-state index >= 15 is 0 Å². The van der Waals surface area contributed by atoms with Crippen molar-refractivity contribution in [3.05, 3.63) is 29.6 Å². The van der Waals surface area contributed by atoms with Gasteiger partial charge in [0.1, 0.15) is 11.6 Å². The van der Waals surface area contributed by atoms with Crippen molar-refractivity contribution < 1.29 is 18.7 Å². The Morgan fingerprint density at radius 1 is 1.50 bits per heavy atom. The fourth-order valence-corrected chi connectivity index (χ4v) is 1.51. The number of nitrogens with two attached hydrogens (primary N) is 1. The molecule has 0 unspecified atom stereocenters. The highest BCUT2D eigenvalue weighted by atomic mass is 19.1. The van der Waals surface area contributed by atoms with Gasteiger partial charge in [-0.2, -0.15) is 0 Å². The predicted molar refractivity (Wildman–Crippen MR) is 65.7 cm³/mol. The van der Waals surface area contributed by atoms with Gasteiger partial charge in [0.15, 0.2) is 0 Å². The molecule has 5 heteroatoms. The Morgan fingerprint density at radius 2 is 2.22 bits per heavy atom. The van der Waals surface area contributed by atoms with Crippen LogP contribution in [0, 0.1) is 5.82 Å². The number of hydrogen-bond acceptors (Lipinski definition) is 4. The fraction of sp³-hybridized carbons (Fsp3) is 0.462. The van der Waals surface area contributed by atoms with Crippen LogP contribution < -0.4 is 10.5 Å². The van der Waals surface area contributed by atoms with Gasteiger partial charge in [0.25, 0.3) is 0 Å². The molecule has 0 radical (unpaired) electrons. The molecule has 0 bridgehead atoms. The van der Waals surface area contributed by atoms with Gasteiger partial charge in [-0.15, -0.1) is 0 Å². The zero-order valence-corrected chi connectivity index (χ0v) is 10.6. The number of esters is 1. The summed E-state index contributed by atoms with van der Waals surface area (Å²) >= 11 is 0. The molecule has 0 spiro atoms. The first-order valence-corrected chi connectivity index (χ1v) is 5.79. The van der Waals surface area contributed by atoms with E-state index in [4.69, 9.17) is 10.5 Å². The topological polar surface area (TPSA) is 61.5 Å². The lowest BCUT2D eigenvalue weighted by Gasteiger charge is -2.13. The molecular formula is C13H18FNO3. The van der Waals surface area contributed by atoms with Crippen molar-refractivity contribution in [1.29, 1.82) is 0 Å². The van der Waals surface area contributed by atoms with Crippen molar-refractivity contribution in [3.8, 4) is 5.75 Å². The first-order valence-electron chi connectivity index (χ1n) is 5.79. The Kier molecular flexibility index (Phi) is 5.58. The molecule has 1 aromatic rings. The number of rotatable bonds is 6. The third-order valence-electron chi connectivity index (χ3n) is 2.48. The van der Waals surface area contributed by atoms with Gasteiger partial charge in [-0.1, -0.05) is 6.07 Å². The molecule has 0 saturated carbocycles. The highest BCUT2D eigenvalue weighted by Gasteiger charge is 2.09. The van der Waals surface area contributed by atoms with E-state index < -0.39 is 0 Å². The quantitative estimate of drug-likeness (QED) is 0.625. The second-order valence-electron chi connectivity index (χ2n) is 4.00. The Bertz CT molecular complexity index is 407. The van der Waals surface area contributed by atoms with Crippen LogP contribution in [0.4, 0.5) is 4.39 Å². The highest BCUT2D eigenvalue weighted by molar-refractivity contribution is 5.69. The van der Waals surface area contributed by atoms with Gasteiger partial charge in [-0.3, -0.25) is 4.79 Å². The minimum Gasteiger partial charge on any atom is -0.493 e. The van der Waals surface area contributed by atoms with Crippen LogP contribution in [-0.4, -0.2) is 19.7 Å². The number of carbonyl (C=O) groups excluding carboxylic acids is 1. The molecule has 18 heavy (non-hydrogen) atoms. The third kappa shape index (κ3) is 4.33. The monoisotopic (exact) mass is 255 g/mol. The van der Waals surface area contributed by atoms with Crippen molar-refractivity contribution in [2.24, 2.45) is 5.73 Å². The molecule has 0 aliphatic carbocycles. The minimum atomic E-state index is -0.373. The summed E-state index contributed by atoms with van der Waals surface area (Å²) in [5, 5.41) is 0. The van der Waals surface area contributed by atoms with Crippen LogP contribution in [0.25, 0.3) is 0 Å². The van der Waals surface area contributed by atoms with Crippen LogP contribution in [0.2, 0.25) is 0 Å². The van der Waals surface area contributed by atoms with E-state index in [9.17, 15) is 9.18 Å². The summed E-state index contributed by atoms with van der Waals surface area (Å²) in [5.74, 6) is -0.234. The van der Waals surface area contributed by atoms with Crippen LogP contribution in [0.3, 0.4) is 0 Å². The Balaban J connectivity index is 2.55. The van der Waals surface area contributed by atoms with E-state index in [1.807, 2.05) is 0 Å². The molecule has 0 heterocycles. The summed E-state index contributed by atoms with van der Waals surface area (Å²) < 4.78 is 23.1. The summed E-state index contributed by atoms with van der Waals surface area (Å²) in [7, 11) is 1.34. The molecule has 1 atom stereocenters. The fourth-order valence-electron chi connectivity index (χ4n) is 1.51. The summed E-state index contributed by atoms with van der Waals surface area (Å²) in [4.78, 5) is 10.9. The number of halogens is 1. The number of ether oxygens (including phenoxy) is 2. The maximum Gasteiger partial charge on any atom is 0.305 e. The van der Waals surface area contributed by atoms with Gasteiger partial charge in [0.2, 0.25) is 0 Å². The zero-order chi connectivity index (χ0) is 13.5. The molecule has 100 valence electrons. The van der Waals surface area contributed by atoms with E-state index in [1.54, 1.807) is 13.0 Å². The molecular weight excluding hydrogens is 237 g/mol. The van der Waals surface area contributed by atoms with Gasteiger partial charge < -0.3 is 15.2 Å². The summed E-state index contributed by atoms with van der Waals surface area (Å²) in [5.41, 5.74) is 6.51. The molecule has 0 amide bonds. The SMILES string of the molecule is COC(=O)CCCOc1cc(F)ccc1[C@@H](C)N. The molecule has 0 fully saturated rings. The average Bonchev–Trinajstić information content (AvgIpc) is 2.34. The van der Waals surface area contributed by atoms with E-state index in [1.165, 1.54) is 19.2 Å². The normalized spacial score (nSPS) is 12.0. The molecule has 0 aromatic heterocycles. The molecule has 0 saturated heterocycles. The van der Waals surface area contributed by atoms with Crippen molar-refractivity contribution in [2.75, 3.05) is 13.7 Å².